The molecule has 1 aromatic heterocycles. The number of aromatic nitrogens is 1. The summed E-state index contributed by atoms with van der Waals surface area (Å²) in [4.78, 5) is 31.5. The summed E-state index contributed by atoms with van der Waals surface area (Å²) >= 11 is 1.27. The molecule has 2 aliphatic heterocycles. The van der Waals surface area contributed by atoms with Gasteiger partial charge in [0.2, 0.25) is 6.79 Å². The van der Waals surface area contributed by atoms with E-state index in [0.29, 0.717) is 49.2 Å². The van der Waals surface area contributed by atoms with E-state index in [1.165, 1.54) is 18.3 Å². The molecule has 2 aliphatic rings. The Morgan fingerprint density at radius 1 is 1.15 bits per heavy atom. The summed E-state index contributed by atoms with van der Waals surface area (Å²) in [5.74, 6) is 2.28. The van der Waals surface area contributed by atoms with Crippen LogP contribution in [-0.2, 0) is 4.79 Å². The number of carbonyl (C=O) groups excluding carboxylic acids is 1. The molecule has 0 aliphatic carbocycles. The number of fused-ring (bicyclic) bond motifs is 2. The lowest BCUT2D eigenvalue weighted by molar-refractivity contribution is -0.114. The van der Waals surface area contributed by atoms with E-state index in [-0.39, 0.29) is 18.1 Å². The molecule has 0 fully saturated rings. The lowest BCUT2D eigenvalue weighted by atomic mass is 9.92. The van der Waals surface area contributed by atoms with Crippen LogP contribution in [-0.4, -0.2) is 31.4 Å². The first-order valence-corrected chi connectivity index (χ1v) is 11.4. The molecule has 0 N–H and O–H groups in total. The summed E-state index contributed by atoms with van der Waals surface area (Å²) in [5.41, 5.74) is 2.27. The number of hydrogen-bond donors (Lipinski definition) is 0. The van der Waals surface area contributed by atoms with Gasteiger partial charge in [-0.3, -0.25) is 14.2 Å². The maximum atomic E-state index is 13.7. The zero-order valence-electron chi connectivity index (χ0n) is 19.1. The second-order valence-electron chi connectivity index (χ2n) is 7.86. The first-order valence-electron chi connectivity index (χ1n) is 10.6. The predicted molar refractivity (Wildman–Crippen MR) is 127 cm³/mol. The van der Waals surface area contributed by atoms with E-state index in [0.717, 1.165) is 5.56 Å². The Balaban J connectivity index is 1.73. The van der Waals surface area contributed by atoms with Crippen LogP contribution in [0.3, 0.4) is 0 Å². The Bertz CT molecular complexity index is 1530. The number of rotatable bonds is 5. The third kappa shape index (κ3) is 3.58. The van der Waals surface area contributed by atoms with Crippen molar-refractivity contribution in [3.05, 3.63) is 78.5 Å². The van der Waals surface area contributed by atoms with Crippen molar-refractivity contribution in [1.82, 2.24) is 4.57 Å². The molecule has 0 amide bonds. The number of nitrogens with zero attached hydrogens (tertiary/aromatic N) is 2. The number of allylic oxidation sites excluding steroid dienone is 2. The fourth-order valence-electron chi connectivity index (χ4n) is 4.26. The van der Waals surface area contributed by atoms with E-state index < -0.39 is 6.04 Å². The topological polar surface area (TPSA) is 88.4 Å². The Labute approximate surface area is 199 Å². The van der Waals surface area contributed by atoms with Crippen molar-refractivity contribution in [2.24, 2.45) is 4.99 Å². The fourth-order valence-corrected chi connectivity index (χ4v) is 5.31. The fraction of sp³-hybridized carbons (Fsp3) is 0.240. The maximum Gasteiger partial charge on any atom is 0.271 e. The van der Waals surface area contributed by atoms with Crippen molar-refractivity contribution in [3.63, 3.8) is 0 Å². The summed E-state index contributed by atoms with van der Waals surface area (Å²) in [6.07, 6.45) is 1.79. The van der Waals surface area contributed by atoms with Gasteiger partial charge >= 0.3 is 0 Å². The summed E-state index contributed by atoms with van der Waals surface area (Å²) in [7, 11) is 3.12. The second-order valence-corrected chi connectivity index (χ2v) is 8.87. The highest BCUT2D eigenvalue weighted by atomic mass is 32.1. The minimum atomic E-state index is -0.673. The number of hydrogen-bond acceptors (Lipinski definition) is 8. The summed E-state index contributed by atoms with van der Waals surface area (Å²) in [6.45, 7) is 3.45. The molecular formula is C25H22N2O6S. The largest absolute Gasteiger partial charge is 0.497 e. The molecule has 0 spiro atoms. The van der Waals surface area contributed by atoms with Gasteiger partial charge in [0.05, 0.1) is 24.8 Å². The molecule has 1 atom stereocenters. The molecule has 0 radical (unpaired) electrons. The molecule has 34 heavy (non-hydrogen) atoms. The van der Waals surface area contributed by atoms with Gasteiger partial charge in [-0.25, -0.2) is 4.99 Å². The van der Waals surface area contributed by atoms with Crippen LogP contribution in [0.5, 0.6) is 23.0 Å². The van der Waals surface area contributed by atoms with Gasteiger partial charge in [0.25, 0.3) is 5.56 Å². The van der Waals surface area contributed by atoms with Crippen molar-refractivity contribution in [3.8, 4) is 23.0 Å². The average molecular weight is 479 g/mol. The first kappa shape index (κ1) is 22.0. The minimum absolute atomic E-state index is 0.158. The molecule has 5 rings (SSSR count). The number of methoxy groups -OCH3 is 2. The molecule has 3 aromatic rings. The highest BCUT2D eigenvalue weighted by Gasteiger charge is 2.32. The van der Waals surface area contributed by atoms with Gasteiger partial charge in [-0.2, -0.15) is 0 Å². The van der Waals surface area contributed by atoms with Gasteiger partial charge in [-0.05, 0) is 49.8 Å². The molecule has 8 nitrogen and oxygen atoms in total. The third-order valence-electron chi connectivity index (χ3n) is 5.83. The molecule has 2 aromatic carbocycles. The van der Waals surface area contributed by atoms with Crippen LogP contribution in [0.4, 0.5) is 0 Å². The Morgan fingerprint density at radius 3 is 2.68 bits per heavy atom. The van der Waals surface area contributed by atoms with Gasteiger partial charge in [0.15, 0.2) is 22.1 Å². The third-order valence-corrected chi connectivity index (χ3v) is 6.81. The van der Waals surface area contributed by atoms with Crippen molar-refractivity contribution < 1.29 is 23.7 Å². The molecule has 3 heterocycles. The smallest absolute Gasteiger partial charge is 0.271 e. The summed E-state index contributed by atoms with van der Waals surface area (Å²) < 4.78 is 23.8. The van der Waals surface area contributed by atoms with Crippen LogP contribution in [0.1, 0.15) is 31.0 Å². The van der Waals surface area contributed by atoms with E-state index in [4.69, 9.17) is 18.9 Å². The van der Waals surface area contributed by atoms with E-state index in [1.807, 2.05) is 24.3 Å². The van der Waals surface area contributed by atoms with E-state index in [9.17, 15) is 9.59 Å². The van der Waals surface area contributed by atoms with Crippen LogP contribution in [0.25, 0.3) is 6.08 Å². The van der Waals surface area contributed by atoms with Crippen molar-refractivity contribution in [2.45, 2.75) is 19.9 Å². The van der Waals surface area contributed by atoms with Gasteiger partial charge in [-0.1, -0.05) is 17.4 Å². The number of ether oxygens (including phenoxy) is 4. The molecule has 0 bridgehead atoms. The lowest BCUT2D eigenvalue weighted by Gasteiger charge is -2.26. The minimum Gasteiger partial charge on any atom is -0.497 e. The highest BCUT2D eigenvalue weighted by molar-refractivity contribution is 7.07. The molecule has 0 saturated carbocycles. The van der Waals surface area contributed by atoms with Gasteiger partial charge in [0, 0.05) is 22.9 Å². The molecule has 174 valence electrons. The number of ketones is 1. The van der Waals surface area contributed by atoms with Crippen LogP contribution < -0.4 is 33.8 Å². The van der Waals surface area contributed by atoms with E-state index in [2.05, 4.69) is 4.99 Å². The Kier molecular flexibility index (Phi) is 5.49. The predicted octanol–water partition coefficient (Wildman–Crippen LogP) is 2.57. The Morgan fingerprint density at radius 2 is 1.94 bits per heavy atom. The quantitative estimate of drug-likeness (QED) is 0.560. The van der Waals surface area contributed by atoms with E-state index >= 15 is 0 Å². The number of carbonyl (C=O) groups is 1. The maximum absolute atomic E-state index is 13.7. The molecular weight excluding hydrogens is 456 g/mol. The summed E-state index contributed by atoms with van der Waals surface area (Å²) in [5, 5.41) is 0. The molecule has 9 heteroatoms. The van der Waals surface area contributed by atoms with Crippen LogP contribution >= 0.6 is 11.3 Å². The summed E-state index contributed by atoms with van der Waals surface area (Å²) in [6, 6.07) is 10.2. The highest BCUT2D eigenvalue weighted by Crippen LogP contribution is 2.37. The standard InChI is InChI=1S/C25H22N2O6S/c1-13-22(14(2)28)23(17-7-6-16(30-3)11-19(17)31-4)27-24(29)21(34-25(27)26-13)10-15-5-8-18-20(9-15)33-12-32-18/h5-11,23H,12H2,1-4H3/b21-10+. The number of benzene rings is 2. The Hall–Kier alpha value is -3.85. The van der Waals surface area contributed by atoms with Crippen molar-refractivity contribution in [2.75, 3.05) is 21.0 Å². The number of Topliss-reactive ketones (excluding diaryl/α,β-unsaturated/α-hetero) is 1. The first-order chi connectivity index (χ1) is 16.4. The monoisotopic (exact) mass is 478 g/mol. The zero-order valence-corrected chi connectivity index (χ0v) is 19.9. The SMILES string of the molecule is COc1ccc(C2C(C(C)=O)=C(C)N=c3s/c(=C/c4ccc5c(c4)OCO5)c(=O)n32)c(OC)c1. The molecule has 0 saturated heterocycles. The van der Waals surface area contributed by atoms with Gasteiger partial charge in [0.1, 0.15) is 11.5 Å². The zero-order chi connectivity index (χ0) is 24.0. The van der Waals surface area contributed by atoms with Gasteiger partial charge < -0.3 is 18.9 Å². The normalized spacial score (nSPS) is 16.8. The molecule has 1 unspecified atom stereocenters. The van der Waals surface area contributed by atoms with Crippen molar-refractivity contribution in [1.29, 1.82) is 0 Å². The second kappa shape index (κ2) is 8.49. The van der Waals surface area contributed by atoms with Crippen LogP contribution in [0, 0.1) is 0 Å². The van der Waals surface area contributed by atoms with Gasteiger partial charge in [-0.15, -0.1) is 0 Å². The average Bonchev–Trinajstić information content (AvgIpc) is 3.41. The number of thiazole rings is 1. The van der Waals surface area contributed by atoms with Crippen LogP contribution in [0.15, 0.2) is 57.5 Å². The lowest BCUT2D eigenvalue weighted by Crippen LogP contribution is -2.39. The van der Waals surface area contributed by atoms with Crippen molar-refractivity contribution >= 4 is 23.2 Å². The van der Waals surface area contributed by atoms with Crippen LogP contribution in [0.2, 0.25) is 0 Å². The van der Waals surface area contributed by atoms with E-state index in [1.54, 1.807) is 43.9 Å².